The topological polar surface area (TPSA) is 101 Å². The first kappa shape index (κ1) is 51.2. The van der Waals surface area contributed by atoms with Crippen LogP contribution in [0.4, 0.5) is 0 Å². The Bertz CT molecular complexity index is 1510. The van der Waals surface area contributed by atoms with Gasteiger partial charge in [0.15, 0.2) is 0 Å². The van der Waals surface area contributed by atoms with Gasteiger partial charge in [0.05, 0.1) is 30.0 Å². The number of fused-ring (bicyclic) bond motifs is 2. The van der Waals surface area contributed by atoms with E-state index in [2.05, 4.69) is 99.8 Å². The Morgan fingerprint density at radius 3 is 1.27 bits per heavy atom. The number of hydrogen-bond donors (Lipinski definition) is 5. The van der Waals surface area contributed by atoms with Gasteiger partial charge in [-0.1, -0.05) is 122 Å². The molecular formula is C57H94O5. The summed E-state index contributed by atoms with van der Waals surface area (Å²) in [5.74, 6) is 5.79. The van der Waals surface area contributed by atoms with Gasteiger partial charge in [0.1, 0.15) is 0 Å². The van der Waals surface area contributed by atoms with Gasteiger partial charge in [-0.3, -0.25) is 0 Å². The fourth-order valence-corrected chi connectivity index (χ4v) is 13.7. The van der Waals surface area contributed by atoms with Gasteiger partial charge >= 0.3 is 0 Å². The summed E-state index contributed by atoms with van der Waals surface area (Å²) in [6, 6.07) is 0. The van der Waals surface area contributed by atoms with Crippen LogP contribution >= 0.6 is 0 Å². The maximum Gasteiger partial charge on any atom is 0.0809 e. The summed E-state index contributed by atoms with van der Waals surface area (Å²) in [5.41, 5.74) is 7.27. The summed E-state index contributed by atoms with van der Waals surface area (Å²) < 4.78 is 0. The molecule has 0 saturated heterocycles. The van der Waals surface area contributed by atoms with Crippen LogP contribution in [0.3, 0.4) is 0 Å². The van der Waals surface area contributed by atoms with Crippen molar-refractivity contribution in [2.24, 2.45) is 63.6 Å². The van der Waals surface area contributed by atoms with Crippen LogP contribution in [0.15, 0.2) is 70.9 Å². The average molecular weight is 859 g/mol. The van der Waals surface area contributed by atoms with Crippen molar-refractivity contribution in [2.45, 2.75) is 222 Å². The predicted octanol–water partition coefficient (Wildman–Crippen LogP) is 13.2. The van der Waals surface area contributed by atoms with E-state index in [0.717, 1.165) is 47.7 Å². The Kier molecular flexibility index (Phi) is 17.2. The summed E-state index contributed by atoms with van der Waals surface area (Å²) in [4.78, 5) is 0. The smallest absolute Gasteiger partial charge is 0.0809 e. The van der Waals surface area contributed by atoms with E-state index in [4.69, 9.17) is 0 Å². The minimum atomic E-state index is -0.618. The quantitative estimate of drug-likeness (QED) is 0.133. The van der Waals surface area contributed by atoms with Gasteiger partial charge in [-0.05, 0) is 204 Å². The Hall–Kier alpha value is -1.76. The minimum Gasteiger partial charge on any atom is -0.390 e. The highest BCUT2D eigenvalue weighted by Crippen LogP contribution is 2.62. The lowest BCUT2D eigenvalue weighted by molar-refractivity contribution is 0.0447. The van der Waals surface area contributed by atoms with Crippen LogP contribution in [0.25, 0.3) is 0 Å². The molecule has 2 unspecified atom stereocenters. The van der Waals surface area contributed by atoms with Crippen LogP contribution in [0.1, 0.15) is 192 Å². The number of rotatable bonds is 11. The van der Waals surface area contributed by atoms with E-state index in [1.54, 1.807) is 11.1 Å². The first-order chi connectivity index (χ1) is 28.8. The summed E-state index contributed by atoms with van der Waals surface area (Å²) in [6.45, 7) is 33.6. The molecule has 0 aliphatic heterocycles. The largest absolute Gasteiger partial charge is 0.390 e. The zero-order valence-electron chi connectivity index (χ0n) is 41.6. The van der Waals surface area contributed by atoms with Gasteiger partial charge in [0.25, 0.3) is 0 Å². The lowest BCUT2D eigenvalue weighted by atomic mass is 9.59. The maximum absolute atomic E-state index is 10.2. The Labute approximate surface area is 380 Å². The molecule has 0 radical (unpaired) electrons. The Morgan fingerprint density at radius 1 is 0.581 bits per heavy atom. The van der Waals surface area contributed by atoms with E-state index in [0.29, 0.717) is 76.7 Å². The van der Waals surface area contributed by atoms with Gasteiger partial charge in [-0.2, -0.15) is 0 Å². The van der Waals surface area contributed by atoms with Crippen molar-refractivity contribution < 1.29 is 25.5 Å². The number of hydrogen-bond acceptors (Lipinski definition) is 5. The molecule has 14 atom stereocenters. The molecule has 0 aromatic carbocycles. The van der Waals surface area contributed by atoms with Gasteiger partial charge in [0.2, 0.25) is 0 Å². The van der Waals surface area contributed by atoms with Crippen molar-refractivity contribution in [3.8, 4) is 0 Å². The third-order valence-corrected chi connectivity index (χ3v) is 18.3. The van der Waals surface area contributed by atoms with Crippen LogP contribution in [0.2, 0.25) is 0 Å². The Morgan fingerprint density at radius 2 is 0.935 bits per heavy atom. The second-order valence-electron chi connectivity index (χ2n) is 24.5. The summed E-state index contributed by atoms with van der Waals surface area (Å²) in [7, 11) is 0. The van der Waals surface area contributed by atoms with E-state index in [-0.39, 0.29) is 0 Å². The molecular weight excluding hydrogens is 765 g/mol. The molecule has 5 nitrogen and oxygen atoms in total. The highest BCUT2D eigenvalue weighted by atomic mass is 16.3. The third-order valence-electron chi connectivity index (χ3n) is 18.3. The summed E-state index contributed by atoms with van der Waals surface area (Å²) >= 11 is 0. The number of allylic oxidation sites excluding steroid dienone is 6. The molecule has 6 aliphatic carbocycles. The normalized spacial score (nSPS) is 37.6. The van der Waals surface area contributed by atoms with E-state index in [9.17, 15) is 25.5 Å². The fourth-order valence-electron chi connectivity index (χ4n) is 13.7. The van der Waals surface area contributed by atoms with Gasteiger partial charge < -0.3 is 25.5 Å². The molecule has 6 fully saturated rings. The molecule has 0 bridgehead atoms. The van der Waals surface area contributed by atoms with Crippen molar-refractivity contribution in [3.63, 3.8) is 0 Å². The number of aliphatic hydroxyl groups excluding tert-OH is 4. The second kappa shape index (κ2) is 20.8. The lowest BCUT2D eigenvalue weighted by Crippen LogP contribution is -2.37. The molecule has 6 saturated carbocycles. The molecule has 5 heteroatoms. The van der Waals surface area contributed by atoms with Crippen LogP contribution in [0, 0.1) is 63.6 Å². The van der Waals surface area contributed by atoms with E-state index in [1.807, 2.05) is 13.8 Å². The first-order valence-electron chi connectivity index (χ1n) is 25.4. The fraction of sp³-hybridized carbons (Fsp3) is 0.789. The van der Waals surface area contributed by atoms with Gasteiger partial charge in [-0.15, -0.1) is 0 Å². The minimum absolute atomic E-state index is 0.366. The number of aliphatic hydroxyl groups is 5. The first-order valence-corrected chi connectivity index (χ1v) is 25.4. The lowest BCUT2D eigenvalue weighted by Gasteiger charge is -2.45. The van der Waals surface area contributed by atoms with Gasteiger partial charge in [0, 0.05) is 0 Å². The maximum atomic E-state index is 10.2. The van der Waals surface area contributed by atoms with E-state index in [1.165, 1.54) is 77.0 Å². The average Bonchev–Trinajstić information content (AvgIpc) is 3.74. The molecule has 6 rings (SSSR count). The predicted molar refractivity (Wildman–Crippen MR) is 260 cm³/mol. The molecule has 0 aromatic rings. The molecule has 5 N–H and O–H groups in total. The Balaban J connectivity index is 0.000000234. The van der Waals surface area contributed by atoms with E-state index >= 15 is 0 Å². The molecule has 0 amide bonds. The molecule has 6 aliphatic rings. The summed E-state index contributed by atoms with van der Waals surface area (Å²) in [6.07, 6.45) is 26.6. The van der Waals surface area contributed by atoms with Crippen molar-refractivity contribution in [1.29, 1.82) is 0 Å². The van der Waals surface area contributed by atoms with Crippen LogP contribution in [0.5, 0.6) is 0 Å². The highest BCUT2D eigenvalue weighted by molar-refractivity contribution is 5.31. The molecule has 0 heterocycles. The molecule has 0 aromatic heterocycles. The van der Waals surface area contributed by atoms with E-state index < -0.39 is 30.0 Å². The van der Waals surface area contributed by atoms with Crippen molar-refractivity contribution >= 4 is 0 Å². The molecule has 352 valence electrons. The van der Waals surface area contributed by atoms with Crippen molar-refractivity contribution in [1.82, 2.24) is 0 Å². The van der Waals surface area contributed by atoms with Crippen molar-refractivity contribution in [2.75, 3.05) is 0 Å². The van der Waals surface area contributed by atoms with Crippen LogP contribution in [-0.2, 0) is 0 Å². The van der Waals surface area contributed by atoms with Crippen LogP contribution < -0.4 is 0 Å². The second-order valence-corrected chi connectivity index (χ2v) is 24.5. The van der Waals surface area contributed by atoms with Crippen LogP contribution in [-0.4, -0.2) is 55.5 Å². The van der Waals surface area contributed by atoms with Gasteiger partial charge in [-0.25, -0.2) is 0 Å². The zero-order chi connectivity index (χ0) is 45.9. The summed E-state index contributed by atoms with van der Waals surface area (Å²) in [5, 5.41) is 50.8. The molecule has 0 spiro atoms. The standard InChI is InChI=1S/C29H48O2.C28H46O3/c1-19(14-16-28(4,5)6)20(2)24-12-13-25-23(9-8-15-29(24,25)7)11-10-22-17-26(30)21(3)27(31)18-22;1-18(13-15-27(4,5)31)19(2)23-11-12-24-22(8-7-14-28(23,24)6)10-9-21-16-25(29)20(3)26(30)17-21/h10-11,19-20,24-27,30-31H,3,8-9,12-18H2,1-2,4-7H3;9-10,18-19,23-26,29-31H,3,7-8,11-17H2,1-2,4-6H3/b23-11+;22-10+/t19-,20-,24-,25?,26-,27-,29-;18-,19+,23+,24?,25+,26+,28+/m10/s1. The zero-order valence-corrected chi connectivity index (χ0v) is 41.6. The monoisotopic (exact) mass is 859 g/mol. The molecule has 62 heavy (non-hydrogen) atoms. The van der Waals surface area contributed by atoms with Crippen molar-refractivity contribution in [3.05, 3.63) is 70.9 Å². The highest BCUT2D eigenvalue weighted by Gasteiger charge is 2.52. The third kappa shape index (κ3) is 12.4. The SMILES string of the molecule is C=C1[C@H](O)CC(=C/C=C2\CCC[C@@]3(C)C2CC[C@@H]3[C@H](C)[C@@H](C)CCC(C)(C)O)C[C@H]1O.C=C1[C@H](O)CC(=C/C=C2\CCC[C@@]3(C)C2CC[C@@H]3[C@H](C)[C@H](C)CCC(C)(C)C)C[C@H]1O.